The van der Waals surface area contributed by atoms with Crippen LogP contribution >= 0.6 is 0 Å². The molecule has 28 heavy (non-hydrogen) atoms. The van der Waals surface area contributed by atoms with Gasteiger partial charge in [0.25, 0.3) is 0 Å². The van der Waals surface area contributed by atoms with Gasteiger partial charge in [0.15, 0.2) is 23.0 Å². The first-order valence-electron chi connectivity index (χ1n) is 8.11. The van der Waals surface area contributed by atoms with Gasteiger partial charge in [0.05, 0.1) is 18.1 Å². The van der Waals surface area contributed by atoms with Crippen LogP contribution in [0, 0.1) is 5.82 Å². The van der Waals surface area contributed by atoms with E-state index in [2.05, 4.69) is 24.8 Å². The van der Waals surface area contributed by atoms with E-state index >= 15 is 0 Å². The van der Waals surface area contributed by atoms with Gasteiger partial charge in [-0.25, -0.2) is 28.8 Å². The lowest BCUT2D eigenvalue weighted by atomic mass is 10.2. The van der Waals surface area contributed by atoms with Crippen LogP contribution in [-0.4, -0.2) is 36.0 Å². The number of rotatable bonds is 4. The van der Waals surface area contributed by atoms with Crippen LogP contribution in [0.25, 0.3) is 22.6 Å². The SMILES string of the molecule is Nc1nc(-c2nn(Cc3ccccc3F)c3ncccc23)ncc1OC(=O)O. The molecule has 0 spiro atoms. The number of nitrogen functional groups attached to an aromatic ring is 1. The standard InChI is InChI=1S/C18H13FN6O3/c19-12-6-2-1-4-10(12)9-25-17-11(5-3-7-21-17)14(24-25)16-22-8-13(15(20)23-16)28-18(26)27/h1-8H,9H2,(H,26,27)(H2,20,22,23). The van der Waals surface area contributed by atoms with Gasteiger partial charge < -0.3 is 15.6 Å². The minimum absolute atomic E-state index is 0.145. The molecular weight excluding hydrogens is 367 g/mol. The van der Waals surface area contributed by atoms with E-state index in [4.69, 9.17) is 10.8 Å². The molecule has 0 aliphatic carbocycles. The van der Waals surface area contributed by atoms with Crippen molar-refractivity contribution in [2.24, 2.45) is 0 Å². The highest BCUT2D eigenvalue weighted by atomic mass is 19.1. The van der Waals surface area contributed by atoms with E-state index in [1.54, 1.807) is 41.2 Å². The normalized spacial score (nSPS) is 10.9. The maximum Gasteiger partial charge on any atom is 0.511 e. The molecule has 0 amide bonds. The van der Waals surface area contributed by atoms with E-state index in [9.17, 15) is 9.18 Å². The smallest absolute Gasteiger partial charge is 0.449 e. The zero-order chi connectivity index (χ0) is 19.7. The molecule has 0 saturated heterocycles. The number of hydrogen-bond donors (Lipinski definition) is 2. The predicted molar refractivity (Wildman–Crippen MR) is 97.1 cm³/mol. The number of pyridine rings is 1. The number of carbonyl (C=O) groups is 1. The first-order chi connectivity index (χ1) is 13.5. The number of fused-ring (bicyclic) bond motifs is 1. The number of hydrogen-bond acceptors (Lipinski definition) is 7. The molecule has 0 unspecified atom stereocenters. The van der Waals surface area contributed by atoms with Crippen molar-refractivity contribution in [2.45, 2.75) is 6.54 Å². The molecule has 0 aliphatic rings. The van der Waals surface area contributed by atoms with E-state index < -0.39 is 6.16 Å². The van der Waals surface area contributed by atoms with Crippen LogP contribution in [-0.2, 0) is 6.54 Å². The van der Waals surface area contributed by atoms with Crippen LogP contribution < -0.4 is 10.5 Å². The quantitative estimate of drug-likeness (QED) is 0.517. The molecule has 0 bridgehead atoms. The van der Waals surface area contributed by atoms with E-state index in [0.29, 0.717) is 22.3 Å². The average Bonchev–Trinajstić information content (AvgIpc) is 3.04. The minimum atomic E-state index is -1.52. The van der Waals surface area contributed by atoms with Crippen molar-refractivity contribution in [3.63, 3.8) is 0 Å². The number of nitrogens with zero attached hydrogens (tertiary/aromatic N) is 5. The molecule has 0 saturated carbocycles. The van der Waals surface area contributed by atoms with Crippen LogP contribution in [0.1, 0.15) is 5.56 Å². The van der Waals surface area contributed by atoms with E-state index in [0.717, 1.165) is 6.20 Å². The zero-order valence-electron chi connectivity index (χ0n) is 14.3. The first kappa shape index (κ1) is 17.3. The van der Waals surface area contributed by atoms with Gasteiger partial charge in [0.1, 0.15) is 11.5 Å². The summed E-state index contributed by atoms with van der Waals surface area (Å²) in [5.74, 6) is -0.502. The molecule has 3 N–H and O–H groups in total. The van der Waals surface area contributed by atoms with Crippen molar-refractivity contribution in [2.75, 3.05) is 5.73 Å². The summed E-state index contributed by atoms with van der Waals surface area (Å²) in [6.45, 7) is 0.163. The molecule has 4 aromatic rings. The number of halogens is 1. The van der Waals surface area contributed by atoms with Gasteiger partial charge in [-0.15, -0.1) is 0 Å². The number of benzene rings is 1. The number of ether oxygens (including phenoxy) is 1. The highest BCUT2D eigenvalue weighted by Crippen LogP contribution is 2.27. The van der Waals surface area contributed by atoms with Gasteiger partial charge in [0.2, 0.25) is 0 Å². The van der Waals surface area contributed by atoms with Crippen LogP contribution in [0.4, 0.5) is 15.0 Å². The molecule has 0 radical (unpaired) electrons. The number of anilines is 1. The zero-order valence-corrected chi connectivity index (χ0v) is 14.3. The minimum Gasteiger partial charge on any atom is -0.449 e. The molecular formula is C18H13FN6O3. The van der Waals surface area contributed by atoms with Gasteiger partial charge in [0, 0.05) is 11.8 Å². The summed E-state index contributed by atoms with van der Waals surface area (Å²) in [4.78, 5) is 23.2. The van der Waals surface area contributed by atoms with Gasteiger partial charge in [-0.1, -0.05) is 18.2 Å². The largest absolute Gasteiger partial charge is 0.511 e. The second kappa shape index (κ2) is 6.91. The van der Waals surface area contributed by atoms with Gasteiger partial charge in [-0.05, 0) is 18.2 Å². The third-order valence-corrected chi connectivity index (χ3v) is 3.98. The van der Waals surface area contributed by atoms with Crippen LogP contribution in [0.5, 0.6) is 5.75 Å². The Morgan fingerprint density at radius 3 is 2.79 bits per heavy atom. The summed E-state index contributed by atoms with van der Waals surface area (Å²) < 4.78 is 20.1. The molecule has 0 fully saturated rings. The Morgan fingerprint density at radius 1 is 1.21 bits per heavy atom. The van der Waals surface area contributed by atoms with Crippen molar-refractivity contribution in [3.05, 3.63) is 60.2 Å². The lowest BCUT2D eigenvalue weighted by molar-refractivity contribution is 0.144. The molecule has 3 heterocycles. The van der Waals surface area contributed by atoms with Gasteiger partial charge >= 0.3 is 6.16 Å². The second-order valence-corrected chi connectivity index (χ2v) is 5.78. The maximum absolute atomic E-state index is 14.0. The maximum atomic E-state index is 14.0. The number of nitrogens with two attached hydrogens (primary N) is 1. The molecule has 4 rings (SSSR count). The van der Waals surface area contributed by atoms with Crippen molar-refractivity contribution < 1.29 is 19.0 Å². The summed E-state index contributed by atoms with van der Waals surface area (Å²) in [5.41, 5.74) is 7.12. The van der Waals surface area contributed by atoms with Crippen molar-refractivity contribution in [3.8, 4) is 17.3 Å². The third kappa shape index (κ3) is 3.18. The molecule has 9 nitrogen and oxygen atoms in total. The monoisotopic (exact) mass is 380 g/mol. The van der Waals surface area contributed by atoms with Crippen LogP contribution in [0.3, 0.4) is 0 Å². The fourth-order valence-corrected chi connectivity index (χ4v) is 2.74. The lowest BCUT2D eigenvalue weighted by Gasteiger charge is -2.04. The van der Waals surface area contributed by atoms with Crippen molar-refractivity contribution >= 4 is 23.0 Å². The molecule has 10 heteroatoms. The molecule has 3 aromatic heterocycles. The van der Waals surface area contributed by atoms with Crippen LogP contribution in [0.15, 0.2) is 48.8 Å². The van der Waals surface area contributed by atoms with Gasteiger partial charge in [-0.3, -0.25) is 0 Å². The topological polar surface area (TPSA) is 129 Å². The highest BCUT2D eigenvalue weighted by Gasteiger charge is 2.18. The fraction of sp³-hybridized carbons (Fsp3) is 0.0556. The Hall–Kier alpha value is -4.08. The highest BCUT2D eigenvalue weighted by molar-refractivity contribution is 5.89. The molecule has 0 aliphatic heterocycles. The Labute approximate surface area is 157 Å². The molecule has 0 atom stereocenters. The van der Waals surface area contributed by atoms with Crippen LogP contribution in [0.2, 0.25) is 0 Å². The summed E-state index contributed by atoms with van der Waals surface area (Å²) >= 11 is 0. The van der Waals surface area contributed by atoms with E-state index in [-0.39, 0.29) is 29.8 Å². The number of carboxylic acid groups (broad SMARTS) is 1. The summed E-state index contributed by atoms with van der Waals surface area (Å²) in [5, 5.41) is 13.8. The summed E-state index contributed by atoms with van der Waals surface area (Å²) in [6.07, 6.45) is 1.24. The van der Waals surface area contributed by atoms with Gasteiger partial charge in [-0.2, -0.15) is 5.10 Å². The second-order valence-electron chi connectivity index (χ2n) is 5.78. The molecule has 1 aromatic carbocycles. The fourth-order valence-electron chi connectivity index (χ4n) is 2.74. The third-order valence-electron chi connectivity index (χ3n) is 3.98. The Kier molecular flexibility index (Phi) is 4.28. The predicted octanol–water partition coefficient (Wildman–Crippen LogP) is 2.71. The lowest BCUT2D eigenvalue weighted by Crippen LogP contribution is -2.08. The summed E-state index contributed by atoms with van der Waals surface area (Å²) in [7, 11) is 0. The van der Waals surface area contributed by atoms with E-state index in [1.807, 2.05) is 0 Å². The average molecular weight is 380 g/mol. The Bertz CT molecular complexity index is 1190. The Morgan fingerprint density at radius 2 is 2.04 bits per heavy atom. The number of aromatic nitrogens is 5. The Balaban J connectivity index is 1.79. The van der Waals surface area contributed by atoms with Crippen molar-refractivity contribution in [1.29, 1.82) is 0 Å². The van der Waals surface area contributed by atoms with Crippen molar-refractivity contribution in [1.82, 2.24) is 24.7 Å². The first-order valence-corrected chi connectivity index (χ1v) is 8.11. The summed E-state index contributed by atoms with van der Waals surface area (Å²) in [6, 6.07) is 9.90. The molecule has 140 valence electrons. The van der Waals surface area contributed by atoms with E-state index in [1.165, 1.54) is 6.07 Å².